The molecule has 1 atom stereocenters. The second kappa shape index (κ2) is 9.50. The van der Waals surface area contributed by atoms with E-state index in [0.717, 1.165) is 29.8 Å². The summed E-state index contributed by atoms with van der Waals surface area (Å²) >= 11 is 0. The fourth-order valence-corrected chi connectivity index (χ4v) is 3.55. The predicted molar refractivity (Wildman–Crippen MR) is 123 cm³/mol. The van der Waals surface area contributed by atoms with Crippen LogP contribution in [0.3, 0.4) is 0 Å². The van der Waals surface area contributed by atoms with Crippen molar-refractivity contribution in [3.8, 4) is 0 Å². The van der Waals surface area contributed by atoms with Gasteiger partial charge in [-0.25, -0.2) is 4.39 Å². The van der Waals surface area contributed by atoms with Crippen LogP contribution in [-0.4, -0.2) is 36.9 Å². The van der Waals surface area contributed by atoms with Gasteiger partial charge in [-0.3, -0.25) is 9.59 Å². The van der Waals surface area contributed by atoms with Crippen LogP contribution in [0.5, 0.6) is 0 Å². The van der Waals surface area contributed by atoms with Gasteiger partial charge in [0, 0.05) is 49.5 Å². The monoisotopic (exact) mass is 425 g/mol. The second-order valence-corrected chi connectivity index (χ2v) is 8.93. The lowest BCUT2D eigenvalue weighted by Crippen LogP contribution is -2.41. The number of amides is 2. The van der Waals surface area contributed by atoms with Gasteiger partial charge in [-0.1, -0.05) is 19.9 Å². The minimum absolute atomic E-state index is 0.0480. The Morgan fingerprint density at radius 1 is 1.10 bits per heavy atom. The molecule has 2 amide bonds. The first-order valence-corrected chi connectivity index (χ1v) is 10.8. The molecule has 2 aromatic rings. The van der Waals surface area contributed by atoms with Gasteiger partial charge in [-0.15, -0.1) is 0 Å². The summed E-state index contributed by atoms with van der Waals surface area (Å²) in [5.41, 5.74) is 2.96. The van der Waals surface area contributed by atoms with Gasteiger partial charge >= 0.3 is 0 Å². The predicted octanol–water partition coefficient (Wildman–Crippen LogP) is 4.93. The number of hydrogen-bond acceptors (Lipinski definition) is 3. The maximum atomic E-state index is 13.8. The highest BCUT2D eigenvalue weighted by atomic mass is 19.1. The quantitative estimate of drug-likeness (QED) is 0.653. The highest BCUT2D eigenvalue weighted by Crippen LogP contribution is 2.32. The lowest BCUT2D eigenvalue weighted by atomic mass is 10.0. The van der Waals surface area contributed by atoms with E-state index in [9.17, 15) is 14.0 Å². The summed E-state index contributed by atoms with van der Waals surface area (Å²) in [4.78, 5) is 29.4. The molecule has 0 bridgehead atoms. The third kappa shape index (κ3) is 5.63. The maximum Gasteiger partial charge on any atom is 0.254 e. The Balaban J connectivity index is 1.94. The third-order valence-electron chi connectivity index (χ3n) is 5.91. The molecule has 1 saturated carbocycles. The van der Waals surface area contributed by atoms with Crippen LogP contribution < -0.4 is 10.2 Å². The number of nitrogens with zero attached hydrogens (tertiary/aromatic N) is 2. The van der Waals surface area contributed by atoms with E-state index in [4.69, 9.17) is 0 Å². The Bertz CT molecular complexity index is 954. The first-order valence-electron chi connectivity index (χ1n) is 10.8. The molecule has 1 fully saturated rings. The smallest absolute Gasteiger partial charge is 0.254 e. The first-order chi connectivity index (χ1) is 14.7. The molecule has 0 saturated heterocycles. The van der Waals surface area contributed by atoms with E-state index in [-0.39, 0.29) is 29.7 Å². The molecule has 0 unspecified atom stereocenters. The van der Waals surface area contributed by atoms with E-state index in [1.807, 2.05) is 44.1 Å². The van der Waals surface area contributed by atoms with Crippen molar-refractivity contribution >= 4 is 23.2 Å². The van der Waals surface area contributed by atoms with Crippen LogP contribution in [0.2, 0.25) is 0 Å². The van der Waals surface area contributed by atoms with Crippen LogP contribution in [0.25, 0.3) is 0 Å². The number of carbonyl (C=O) groups excluding carboxylic acids is 2. The van der Waals surface area contributed by atoms with Crippen molar-refractivity contribution in [2.75, 3.05) is 24.3 Å². The van der Waals surface area contributed by atoms with Crippen molar-refractivity contribution in [2.24, 2.45) is 11.8 Å². The number of benzene rings is 2. The first kappa shape index (κ1) is 22.8. The molecule has 166 valence electrons. The summed E-state index contributed by atoms with van der Waals surface area (Å²) in [5, 5.41) is 2.99. The minimum atomic E-state index is -0.429. The van der Waals surface area contributed by atoms with Crippen LogP contribution in [0, 0.1) is 17.7 Å². The van der Waals surface area contributed by atoms with Crippen LogP contribution in [-0.2, 0) is 11.3 Å². The Morgan fingerprint density at radius 2 is 1.81 bits per heavy atom. The fraction of sp³-hybridized carbons (Fsp3) is 0.440. The SMILES string of the molecule is CC(C)[C@H](C)N(Cc1cc(NC(=O)C2CC2)ccc1N(C)C)C(=O)c1cccc(F)c1. The molecular weight excluding hydrogens is 393 g/mol. The van der Waals surface area contributed by atoms with Gasteiger partial charge in [0.25, 0.3) is 5.91 Å². The average Bonchev–Trinajstić information content (AvgIpc) is 3.56. The van der Waals surface area contributed by atoms with Crippen molar-refractivity contribution in [3.63, 3.8) is 0 Å². The van der Waals surface area contributed by atoms with Gasteiger partial charge in [0.1, 0.15) is 5.82 Å². The van der Waals surface area contributed by atoms with Gasteiger partial charge in [-0.2, -0.15) is 0 Å². The molecule has 2 aromatic carbocycles. The van der Waals surface area contributed by atoms with Crippen LogP contribution in [0.15, 0.2) is 42.5 Å². The number of anilines is 2. The van der Waals surface area contributed by atoms with E-state index in [1.165, 1.54) is 12.1 Å². The molecule has 1 aliphatic rings. The van der Waals surface area contributed by atoms with Gasteiger partial charge in [0.15, 0.2) is 0 Å². The highest BCUT2D eigenvalue weighted by molar-refractivity contribution is 5.95. The molecule has 1 aliphatic carbocycles. The Labute approximate surface area is 184 Å². The molecule has 0 spiro atoms. The largest absolute Gasteiger partial charge is 0.377 e. The number of carbonyl (C=O) groups is 2. The van der Waals surface area contributed by atoms with E-state index in [0.29, 0.717) is 12.1 Å². The van der Waals surface area contributed by atoms with Crippen molar-refractivity contribution in [2.45, 2.75) is 46.2 Å². The second-order valence-electron chi connectivity index (χ2n) is 8.93. The zero-order valence-electron chi connectivity index (χ0n) is 19.0. The summed E-state index contributed by atoms with van der Waals surface area (Å²) in [5.74, 6) is -0.256. The molecule has 31 heavy (non-hydrogen) atoms. The molecule has 0 heterocycles. The molecule has 1 N–H and O–H groups in total. The minimum Gasteiger partial charge on any atom is -0.377 e. The Morgan fingerprint density at radius 3 is 2.39 bits per heavy atom. The maximum absolute atomic E-state index is 13.8. The number of rotatable bonds is 8. The lowest BCUT2D eigenvalue weighted by Gasteiger charge is -2.33. The topological polar surface area (TPSA) is 52.7 Å². The molecule has 0 aromatic heterocycles. The van der Waals surface area contributed by atoms with Gasteiger partial charge in [0.05, 0.1) is 0 Å². The molecule has 3 rings (SSSR count). The summed E-state index contributed by atoms with van der Waals surface area (Å²) in [6.07, 6.45) is 1.88. The van der Waals surface area contributed by atoms with Crippen LogP contribution in [0.4, 0.5) is 15.8 Å². The summed E-state index contributed by atoms with van der Waals surface area (Å²) in [7, 11) is 3.90. The number of hydrogen-bond donors (Lipinski definition) is 1. The molecule has 5 nitrogen and oxygen atoms in total. The zero-order chi connectivity index (χ0) is 22.7. The van der Waals surface area contributed by atoms with Crippen LogP contribution >= 0.6 is 0 Å². The van der Waals surface area contributed by atoms with Gasteiger partial charge in [0.2, 0.25) is 5.91 Å². The molecular formula is C25H32FN3O2. The summed E-state index contributed by atoms with van der Waals surface area (Å²) in [6, 6.07) is 11.5. The van der Waals surface area contributed by atoms with E-state index < -0.39 is 5.82 Å². The summed E-state index contributed by atoms with van der Waals surface area (Å²) in [6.45, 7) is 6.50. The average molecular weight is 426 g/mol. The molecule has 0 radical (unpaired) electrons. The summed E-state index contributed by atoms with van der Waals surface area (Å²) < 4.78 is 13.8. The van der Waals surface area contributed by atoms with Crippen molar-refractivity contribution < 1.29 is 14.0 Å². The molecule has 6 heteroatoms. The van der Waals surface area contributed by atoms with Gasteiger partial charge in [-0.05, 0) is 67.6 Å². The van der Waals surface area contributed by atoms with E-state index in [1.54, 1.807) is 17.0 Å². The van der Waals surface area contributed by atoms with E-state index >= 15 is 0 Å². The van der Waals surface area contributed by atoms with E-state index in [2.05, 4.69) is 19.2 Å². The van der Waals surface area contributed by atoms with Gasteiger partial charge < -0.3 is 15.1 Å². The lowest BCUT2D eigenvalue weighted by molar-refractivity contribution is -0.117. The number of halogens is 1. The third-order valence-corrected chi connectivity index (χ3v) is 5.91. The fourth-order valence-electron chi connectivity index (χ4n) is 3.55. The highest BCUT2D eigenvalue weighted by Gasteiger charge is 2.30. The standard InChI is InChI=1S/C25H32FN3O2/c1-16(2)17(3)29(25(31)19-7-6-8-21(26)13-19)15-20-14-22(11-12-23(20)28(4)5)27-24(30)18-9-10-18/h6-8,11-14,16-18H,9-10,15H2,1-5H3,(H,27,30)/t17-/m0/s1. The zero-order valence-corrected chi connectivity index (χ0v) is 19.0. The Kier molecular flexibility index (Phi) is 6.98. The normalized spacial score (nSPS) is 14.3. The molecule has 0 aliphatic heterocycles. The number of nitrogens with one attached hydrogen (secondary N) is 1. The van der Waals surface area contributed by atoms with Crippen LogP contribution in [0.1, 0.15) is 49.5 Å². The Hall–Kier alpha value is -2.89. The van der Waals surface area contributed by atoms with Crippen molar-refractivity contribution in [1.29, 1.82) is 0 Å². The van der Waals surface area contributed by atoms with Crippen molar-refractivity contribution in [1.82, 2.24) is 4.90 Å². The van der Waals surface area contributed by atoms with Crippen molar-refractivity contribution in [3.05, 3.63) is 59.4 Å².